The molecule has 118 valence electrons. The van der Waals surface area contributed by atoms with Crippen molar-refractivity contribution in [2.75, 3.05) is 19.7 Å². The molecule has 22 heavy (non-hydrogen) atoms. The molecule has 1 heterocycles. The third-order valence-corrected chi connectivity index (χ3v) is 3.49. The molecule has 1 fully saturated rings. The van der Waals surface area contributed by atoms with Crippen molar-refractivity contribution >= 4 is 17.4 Å². The average Bonchev–Trinajstić information content (AvgIpc) is 2.47. The maximum absolute atomic E-state index is 12.9. The van der Waals surface area contributed by atoms with E-state index >= 15 is 0 Å². The van der Waals surface area contributed by atoms with Gasteiger partial charge in [-0.15, -0.1) is 0 Å². The normalized spacial score (nSPS) is 19.1. The summed E-state index contributed by atoms with van der Waals surface area (Å²) in [5.74, 6) is -1.47. The van der Waals surface area contributed by atoms with Gasteiger partial charge >= 0.3 is 5.97 Å². The second kappa shape index (κ2) is 7.17. The van der Waals surface area contributed by atoms with Gasteiger partial charge in [0.05, 0.1) is 19.1 Å². The largest absolute Gasteiger partial charge is 0.481 e. The van der Waals surface area contributed by atoms with Gasteiger partial charge in [0.2, 0.25) is 5.91 Å². The molecule has 1 atom stereocenters. The highest BCUT2D eigenvalue weighted by Crippen LogP contribution is 2.16. The first-order valence-electron chi connectivity index (χ1n) is 7.02. The van der Waals surface area contributed by atoms with Crippen LogP contribution in [0.3, 0.4) is 0 Å². The molecule has 1 saturated heterocycles. The second-order valence-corrected chi connectivity index (χ2v) is 5.21. The third-order valence-electron chi connectivity index (χ3n) is 3.49. The summed E-state index contributed by atoms with van der Waals surface area (Å²) in [5.41, 5.74) is 1.50. The Balaban J connectivity index is 2.02. The van der Waals surface area contributed by atoms with E-state index in [1.54, 1.807) is 24.0 Å². The van der Waals surface area contributed by atoms with Gasteiger partial charge in [-0.2, -0.15) is 0 Å². The van der Waals surface area contributed by atoms with Crippen LogP contribution in [0.25, 0.3) is 5.57 Å². The standard InChI is InChI=1S/C16H18FNO4/c1-11(12-2-4-13(17)5-3-12)8-15(19)18-6-7-22-14(10-18)9-16(20)21/h2-5,8,14H,6-7,9-10H2,1H3,(H,20,21). The first-order chi connectivity index (χ1) is 10.5. The molecule has 0 saturated carbocycles. The average molecular weight is 307 g/mol. The number of carbonyl (C=O) groups excluding carboxylic acids is 1. The van der Waals surface area contributed by atoms with Crippen LogP contribution in [0.5, 0.6) is 0 Å². The molecule has 1 aliphatic rings. The summed E-state index contributed by atoms with van der Waals surface area (Å²) in [6, 6.07) is 5.91. The summed E-state index contributed by atoms with van der Waals surface area (Å²) >= 11 is 0. The summed E-state index contributed by atoms with van der Waals surface area (Å²) in [7, 11) is 0. The lowest BCUT2D eigenvalue weighted by Gasteiger charge is -2.31. The number of carboxylic acid groups (broad SMARTS) is 1. The predicted octanol–water partition coefficient (Wildman–Crippen LogP) is 1.93. The predicted molar refractivity (Wildman–Crippen MR) is 78.6 cm³/mol. The van der Waals surface area contributed by atoms with Gasteiger partial charge in [-0.05, 0) is 30.2 Å². The van der Waals surface area contributed by atoms with Gasteiger partial charge in [0, 0.05) is 19.2 Å². The Morgan fingerprint density at radius 3 is 2.73 bits per heavy atom. The van der Waals surface area contributed by atoms with E-state index in [0.717, 1.165) is 11.1 Å². The fourth-order valence-corrected chi connectivity index (χ4v) is 2.31. The molecular weight excluding hydrogens is 289 g/mol. The highest BCUT2D eigenvalue weighted by atomic mass is 19.1. The number of carboxylic acids is 1. The molecule has 1 aromatic carbocycles. The first-order valence-corrected chi connectivity index (χ1v) is 7.02. The van der Waals surface area contributed by atoms with Gasteiger partial charge < -0.3 is 14.7 Å². The molecule has 0 spiro atoms. The Bertz CT molecular complexity index is 582. The maximum atomic E-state index is 12.9. The molecule has 0 radical (unpaired) electrons. The number of halogens is 1. The van der Waals surface area contributed by atoms with E-state index in [0.29, 0.717) is 13.2 Å². The van der Waals surface area contributed by atoms with Crippen molar-refractivity contribution in [1.82, 2.24) is 4.90 Å². The summed E-state index contributed by atoms with van der Waals surface area (Å²) in [5, 5.41) is 8.78. The van der Waals surface area contributed by atoms with Crippen molar-refractivity contribution in [3.8, 4) is 0 Å². The number of allylic oxidation sites excluding steroid dienone is 1. The van der Waals surface area contributed by atoms with Gasteiger partial charge in [0.1, 0.15) is 5.82 Å². The van der Waals surface area contributed by atoms with Gasteiger partial charge in [-0.25, -0.2) is 4.39 Å². The molecule has 0 aromatic heterocycles. The molecule has 2 rings (SSSR count). The van der Waals surface area contributed by atoms with Gasteiger partial charge in [0.15, 0.2) is 0 Å². The molecule has 1 amide bonds. The zero-order valence-corrected chi connectivity index (χ0v) is 12.3. The SMILES string of the molecule is CC(=CC(=O)N1CCOC(CC(=O)O)C1)c1ccc(F)cc1. The van der Waals surface area contributed by atoms with Crippen LogP contribution < -0.4 is 0 Å². The number of ether oxygens (including phenoxy) is 1. The second-order valence-electron chi connectivity index (χ2n) is 5.21. The van der Waals surface area contributed by atoms with Crippen LogP contribution in [-0.4, -0.2) is 47.7 Å². The van der Waals surface area contributed by atoms with E-state index in [-0.39, 0.29) is 24.7 Å². The number of benzene rings is 1. The fourth-order valence-electron chi connectivity index (χ4n) is 2.31. The van der Waals surface area contributed by atoms with Crippen LogP contribution >= 0.6 is 0 Å². The van der Waals surface area contributed by atoms with E-state index in [4.69, 9.17) is 9.84 Å². The van der Waals surface area contributed by atoms with Crippen molar-refractivity contribution < 1.29 is 23.8 Å². The van der Waals surface area contributed by atoms with Crippen LogP contribution in [0.4, 0.5) is 4.39 Å². The van der Waals surface area contributed by atoms with Crippen molar-refractivity contribution in [3.63, 3.8) is 0 Å². The monoisotopic (exact) mass is 307 g/mol. The smallest absolute Gasteiger partial charge is 0.306 e. The van der Waals surface area contributed by atoms with Gasteiger partial charge in [-0.3, -0.25) is 9.59 Å². The number of hydrogen-bond donors (Lipinski definition) is 1. The number of aliphatic carboxylic acids is 1. The molecule has 0 aliphatic carbocycles. The Morgan fingerprint density at radius 1 is 1.41 bits per heavy atom. The van der Waals surface area contributed by atoms with Crippen LogP contribution in [0, 0.1) is 5.82 Å². The summed E-state index contributed by atoms with van der Waals surface area (Å²) < 4.78 is 18.2. The lowest BCUT2D eigenvalue weighted by molar-refractivity contribution is -0.145. The Labute approximate surface area is 128 Å². The fraction of sp³-hybridized carbons (Fsp3) is 0.375. The van der Waals surface area contributed by atoms with E-state index < -0.39 is 12.1 Å². The number of morpholine rings is 1. The van der Waals surface area contributed by atoms with E-state index in [2.05, 4.69) is 0 Å². The zero-order chi connectivity index (χ0) is 16.1. The van der Waals surface area contributed by atoms with E-state index in [1.165, 1.54) is 18.2 Å². The molecule has 1 aliphatic heterocycles. The van der Waals surface area contributed by atoms with Crippen LogP contribution in [-0.2, 0) is 14.3 Å². The minimum absolute atomic E-state index is 0.121. The Hall–Kier alpha value is -2.21. The maximum Gasteiger partial charge on any atom is 0.306 e. The van der Waals surface area contributed by atoms with Crippen LogP contribution in [0.2, 0.25) is 0 Å². The lowest BCUT2D eigenvalue weighted by Crippen LogP contribution is -2.45. The first kappa shape index (κ1) is 16.2. The zero-order valence-electron chi connectivity index (χ0n) is 12.3. The highest BCUT2D eigenvalue weighted by molar-refractivity contribution is 5.95. The van der Waals surface area contributed by atoms with Gasteiger partial charge in [0.25, 0.3) is 0 Å². The molecule has 6 heteroatoms. The number of amides is 1. The Morgan fingerprint density at radius 2 is 2.09 bits per heavy atom. The van der Waals surface area contributed by atoms with Crippen molar-refractivity contribution in [2.24, 2.45) is 0 Å². The minimum atomic E-state index is -0.947. The highest BCUT2D eigenvalue weighted by Gasteiger charge is 2.25. The van der Waals surface area contributed by atoms with Crippen LogP contribution in [0.1, 0.15) is 18.9 Å². The number of hydrogen-bond acceptors (Lipinski definition) is 3. The van der Waals surface area contributed by atoms with E-state index in [9.17, 15) is 14.0 Å². The van der Waals surface area contributed by atoms with Crippen molar-refractivity contribution in [3.05, 3.63) is 41.7 Å². The summed E-state index contributed by atoms with van der Waals surface area (Å²) in [4.78, 5) is 24.5. The lowest BCUT2D eigenvalue weighted by atomic mass is 10.1. The molecule has 1 unspecified atom stereocenters. The Kier molecular flexibility index (Phi) is 5.27. The van der Waals surface area contributed by atoms with Gasteiger partial charge in [-0.1, -0.05) is 12.1 Å². The number of rotatable bonds is 4. The topological polar surface area (TPSA) is 66.8 Å². The van der Waals surface area contributed by atoms with E-state index in [1.807, 2.05) is 0 Å². The summed E-state index contributed by atoms with van der Waals surface area (Å²) in [6.07, 6.45) is 0.885. The molecule has 5 nitrogen and oxygen atoms in total. The quantitative estimate of drug-likeness (QED) is 0.863. The molecular formula is C16H18FNO4. The van der Waals surface area contributed by atoms with Crippen LogP contribution in [0.15, 0.2) is 30.3 Å². The summed E-state index contributed by atoms with van der Waals surface area (Å²) in [6.45, 7) is 2.80. The number of carbonyl (C=O) groups is 2. The van der Waals surface area contributed by atoms with Crippen molar-refractivity contribution in [2.45, 2.75) is 19.4 Å². The minimum Gasteiger partial charge on any atom is -0.481 e. The molecule has 0 bridgehead atoms. The molecule has 1 aromatic rings. The third kappa shape index (κ3) is 4.39. The number of nitrogens with zero attached hydrogens (tertiary/aromatic N) is 1. The van der Waals surface area contributed by atoms with Crippen molar-refractivity contribution in [1.29, 1.82) is 0 Å². The molecule has 1 N–H and O–H groups in total.